The van der Waals surface area contributed by atoms with Crippen molar-refractivity contribution < 1.29 is 24.3 Å². The van der Waals surface area contributed by atoms with Crippen molar-refractivity contribution in [1.82, 2.24) is 15.2 Å². The number of amides is 4. The van der Waals surface area contributed by atoms with E-state index in [1.807, 2.05) is 32.9 Å². The predicted molar refractivity (Wildman–Crippen MR) is 110 cm³/mol. The second kappa shape index (κ2) is 8.62. The van der Waals surface area contributed by atoms with Crippen LogP contribution in [0.1, 0.15) is 47.9 Å². The van der Waals surface area contributed by atoms with Gasteiger partial charge in [0.25, 0.3) is 5.91 Å². The number of rotatable bonds is 7. The van der Waals surface area contributed by atoms with E-state index in [4.69, 9.17) is 5.11 Å². The molecule has 158 valence electrons. The normalized spacial score (nSPS) is 17.2. The van der Waals surface area contributed by atoms with Crippen LogP contribution in [0.3, 0.4) is 0 Å². The van der Waals surface area contributed by atoms with Gasteiger partial charge in [-0.2, -0.15) is 0 Å². The molecule has 10 heteroatoms. The number of carboxylic acid groups (broad SMARTS) is 1. The summed E-state index contributed by atoms with van der Waals surface area (Å²) in [7, 11) is 0. The Balaban J connectivity index is 1.84. The standard InChI is InChI=1S/C20H22N4O5S/c1-10(2)7-14(16(25)23-19-21-13(9-30-19)18(27)28)24-17(26)15(22-20(24)29)12-6-4-5-11(3)8-12/h4-6,8-10,14-15H,7H2,1-3H3,(H,22,29)(H,27,28)(H,21,23,25)/t14-,15?/m0/s1. The number of benzene rings is 1. The van der Waals surface area contributed by atoms with E-state index in [1.165, 1.54) is 5.38 Å². The van der Waals surface area contributed by atoms with E-state index in [-0.39, 0.29) is 23.2 Å². The molecule has 9 nitrogen and oxygen atoms in total. The Labute approximate surface area is 177 Å². The van der Waals surface area contributed by atoms with Gasteiger partial charge in [-0.05, 0) is 24.8 Å². The van der Waals surface area contributed by atoms with Gasteiger partial charge in [-0.15, -0.1) is 11.3 Å². The molecule has 0 spiro atoms. The van der Waals surface area contributed by atoms with Crippen LogP contribution in [-0.4, -0.2) is 44.8 Å². The van der Waals surface area contributed by atoms with Crippen molar-refractivity contribution in [1.29, 1.82) is 0 Å². The number of anilines is 1. The number of nitrogens with zero attached hydrogens (tertiary/aromatic N) is 2. The van der Waals surface area contributed by atoms with Gasteiger partial charge in [-0.3, -0.25) is 9.59 Å². The summed E-state index contributed by atoms with van der Waals surface area (Å²) in [5, 5.41) is 15.6. The highest BCUT2D eigenvalue weighted by molar-refractivity contribution is 7.14. The Bertz CT molecular complexity index is 1000. The van der Waals surface area contributed by atoms with E-state index in [0.29, 0.717) is 5.56 Å². The van der Waals surface area contributed by atoms with Crippen molar-refractivity contribution in [2.45, 2.75) is 39.3 Å². The molecule has 1 fully saturated rings. The van der Waals surface area contributed by atoms with Crippen LogP contribution >= 0.6 is 11.3 Å². The summed E-state index contributed by atoms with van der Waals surface area (Å²) < 4.78 is 0. The Morgan fingerprint density at radius 2 is 2.07 bits per heavy atom. The van der Waals surface area contributed by atoms with Gasteiger partial charge < -0.3 is 15.7 Å². The second-order valence-electron chi connectivity index (χ2n) is 7.48. The van der Waals surface area contributed by atoms with Crippen molar-refractivity contribution in [2.24, 2.45) is 5.92 Å². The summed E-state index contributed by atoms with van der Waals surface area (Å²) in [6.45, 7) is 5.64. The Hall–Kier alpha value is -3.27. The van der Waals surface area contributed by atoms with Crippen LogP contribution in [0.15, 0.2) is 29.6 Å². The summed E-state index contributed by atoms with van der Waals surface area (Å²) in [6, 6.07) is 4.69. The largest absolute Gasteiger partial charge is 0.476 e. The molecule has 0 radical (unpaired) electrons. The molecule has 2 heterocycles. The Morgan fingerprint density at radius 3 is 2.67 bits per heavy atom. The smallest absolute Gasteiger partial charge is 0.355 e. The molecule has 1 unspecified atom stereocenters. The SMILES string of the molecule is Cc1cccc(C2NC(=O)N([C@@H](CC(C)C)C(=O)Nc3nc(C(=O)O)cs3)C2=O)c1. The number of hydrogen-bond donors (Lipinski definition) is 3. The number of aromatic carboxylic acids is 1. The summed E-state index contributed by atoms with van der Waals surface area (Å²) in [4.78, 5) is 54.4. The van der Waals surface area contributed by atoms with E-state index in [9.17, 15) is 19.2 Å². The number of aryl methyl sites for hydroxylation is 1. The number of aromatic nitrogens is 1. The van der Waals surface area contributed by atoms with E-state index in [1.54, 1.807) is 12.1 Å². The van der Waals surface area contributed by atoms with E-state index in [0.717, 1.165) is 21.8 Å². The van der Waals surface area contributed by atoms with Crippen molar-refractivity contribution in [3.8, 4) is 0 Å². The zero-order chi connectivity index (χ0) is 22.0. The first-order valence-corrected chi connectivity index (χ1v) is 10.2. The van der Waals surface area contributed by atoms with E-state index in [2.05, 4.69) is 15.6 Å². The van der Waals surface area contributed by atoms with Gasteiger partial charge in [0.05, 0.1) is 0 Å². The quantitative estimate of drug-likeness (QED) is 0.580. The molecular weight excluding hydrogens is 408 g/mol. The topological polar surface area (TPSA) is 129 Å². The third-order valence-electron chi connectivity index (χ3n) is 4.61. The Kier molecular flexibility index (Phi) is 6.16. The zero-order valence-corrected chi connectivity index (χ0v) is 17.5. The van der Waals surface area contributed by atoms with Gasteiger partial charge in [0, 0.05) is 5.38 Å². The average molecular weight is 430 g/mol. The molecule has 3 rings (SSSR count). The lowest BCUT2D eigenvalue weighted by molar-refractivity contribution is -0.134. The monoisotopic (exact) mass is 430 g/mol. The number of imide groups is 1. The van der Waals surface area contributed by atoms with Crippen LogP contribution in [0.2, 0.25) is 0 Å². The lowest BCUT2D eigenvalue weighted by Gasteiger charge is -2.25. The number of hydrogen-bond acceptors (Lipinski definition) is 6. The second-order valence-corrected chi connectivity index (χ2v) is 8.34. The molecule has 0 saturated carbocycles. The maximum atomic E-state index is 13.1. The van der Waals surface area contributed by atoms with Crippen molar-refractivity contribution >= 4 is 40.3 Å². The minimum absolute atomic E-state index is 0.0187. The molecule has 1 aliphatic heterocycles. The molecular formula is C20H22N4O5S. The van der Waals surface area contributed by atoms with Crippen LogP contribution in [0, 0.1) is 12.8 Å². The maximum Gasteiger partial charge on any atom is 0.355 e. The maximum absolute atomic E-state index is 13.1. The number of urea groups is 1. The molecule has 1 aromatic carbocycles. The first-order valence-electron chi connectivity index (χ1n) is 9.37. The van der Waals surface area contributed by atoms with Gasteiger partial charge in [-0.25, -0.2) is 19.5 Å². The number of thiazole rings is 1. The van der Waals surface area contributed by atoms with Crippen molar-refractivity contribution in [3.05, 3.63) is 46.5 Å². The van der Waals surface area contributed by atoms with Crippen LogP contribution in [0.5, 0.6) is 0 Å². The van der Waals surface area contributed by atoms with Crippen LogP contribution in [-0.2, 0) is 9.59 Å². The zero-order valence-electron chi connectivity index (χ0n) is 16.7. The fourth-order valence-corrected chi connectivity index (χ4v) is 3.95. The van der Waals surface area contributed by atoms with Gasteiger partial charge >= 0.3 is 12.0 Å². The molecule has 1 saturated heterocycles. The summed E-state index contributed by atoms with van der Waals surface area (Å²) in [6.07, 6.45) is 0.253. The third kappa shape index (κ3) is 4.48. The molecule has 0 aliphatic carbocycles. The highest BCUT2D eigenvalue weighted by Gasteiger charge is 2.45. The molecule has 3 N–H and O–H groups in total. The van der Waals surface area contributed by atoms with Gasteiger partial charge in [-0.1, -0.05) is 43.7 Å². The fraction of sp³-hybridized carbons (Fsp3) is 0.350. The first-order chi connectivity index (χ1) is 14.2. The van der Waals surface area contributed by atoms with Crippen molar-refractivity contribution in [3.63, 3.8) is 0 Å². The molecule has 0 bridgehead atoms. The van der Waals surface area contributed by atoms with Gasteiger partial charge in [0.1, 0.15) is 12.1 Å². The predicted octanol–water partition coefficient (Wildman–Crippen LogP) is 2.80. The number of nitrogens with one attached hydrogen (secondary N) is 2. The molecule has 2 aromatic rings. The molecule has 4 amide bonds. The van der Waals surface area contributed by atoms with Crippen LogP contribution < -0.4 is 10.6 Å². The summed E-state index contributed by atoms with van der Waals surface area (Å²) >= 11 is 0.958. The Morgan fingerprint density at radius 1 is 1.33 bits per heavy atom. The lowest BCUT2D eigenvalue weighted by atomic mass is 10.0. The van der Waals surface area contributed by atoms with E-state index < -0.39 is 35.9 Å². The lowest BCUT2D eigenvalue weighted by Crippen LogP contribution is -2.48. The summed E-state index contributed by atoms with van der Waals surface area (Å²) in [5.74, 6) is -2.29. The molecule has 1 aliphatic rings. The van der Waals surface area contributed by atoms with Crippen molar-refractivity contribution in [2.75, 3.05) is 5.32 Å². The number of carboxylic acids is 1. The summed E-state index contributed by atoms with van der Waals surface area (Å²) in [5.41, 5.74) is 1.40. The van der Waals surface area contributed by atoms with Gasteiger partial charge in [0.15, 0.2) is 10.8 Å². The van der Waals surface area contributed by atoms with Crippen LogP contribution in [0.4, 0.5) is 9.93 Å². The average Bonchev–Trinajstić information content (AvgIpc) is 3.24. The molecule has 2 atom stereocenters. The fourth-order valence-electron chi connectivity index (χ4n) is 3.26. The molecule has 1 aromatic heterocycles. The minimum Gasteiger partial charge on any atom is -0.476 e. The van der Waals surface area contributed by atoms with Gasteiger partial charge in [0.2, 0.25) is 5.91 Å². The highest BCUT2D eigenvalue weighted by atomic mass is 32.1. The number of carbonyl (C=O) groups is 4. The third-order valence-corrected chi connectivity index (χ3v) is 5.37. The number of carbonyl (C=O) groups excluding carboxylic acids is 3. The molecule has 30 heavy (non-hydrogen) atoms. The highest BCUT2D eigenvalue weighted by Crippen LogP contribution is 2.27. The first kappa shape index (κ1) is 21.4. The van der Waals surface area contributed by atoms with Crippen LogP contribution in [0.25, 0.3) is 0 Å². The minimum atomic E-state index is -1.21. The van der Waals surface area contributed by atoms with E-state index >= 15 is 0 Å².